The van der Waals surface area contributed by atoms with E-state index >= 15 is 0 Å². The number of carbonyl (C=O) groups excluding carboxylic acids is 1. The van der Waals surface area contributed by atoms with Crippen LogP contribution in [0.25, 0.3) is 10.9 Å². The first-order valence-electron chi connectivity index (χ1n) is 6.60. The smallest absolute Gasteiger partial charge is 0.266 e. The number of sulfonamides is 1. The summed E-state index contributed by atoms with van der Waals surface area (Å²) >= 11 is 0. The maximum Gasteiger partial charge on any atom is 0.266 e. The van der Waals surface area contributed by atoms with Crippen LogP contribution in [-0.2, 0) is 10.0 Å². The number of rotatable bonds is 4. The Hall–Kier alpha value is -2.71. The highest BCUT2D eigenvalue weighted by Gasteiger charge is 2.16. The Bertz CT molecular complexity index is 982. The van der Waals surface area contributed by atoms with E-state index in [1.54, 1.807) is 30.5 Å². The number of hydrogen-bond donors (Lipinski definition) is 3. The average molecular weight is 333 g/mol. The van der Waals surface area contributed by atoms with Crippen LogP contribution in [0.5, 0.6) is 0 Å². The van der Waals surface area contributed by atoms with Crippen LogP contribution in [0, 0.1) is 5.82 Å². The second kappa shape index (κ2) is 5.82. The van der Waals surface area contributed by atoms with E-state index in [0.29, 0.717) is 5.56 Å². The fourth-order valence-electron chi connectivity index (χ4n) is 2.07. The summed E-state index contributed by atoms with van der Waals surface area (Å²) in [5, 5.41) is 0.825. The van der Waals surface area contributed by atoms with Crippen LogP contribution in [0.1, 0.15) is 10.4 Å². The molecular formula is C15H12FN3O3S. The van der Waals surface area contributed by atoms with E-state index in [1.807, 2.05) is 4.83 Å². The van der Waals surface area contributed by atoms with E-state index in [-0.39, 0.29) is 4.90 Å². The van der Waals surface area contributed by atoms with Crippen LogP contribution in [0.3, 0.4) is 0 Å². The SMILES string of the molecule is O=C(NNS(=O)(=O)c1cccc(F)c1)c1ccc2[nH]ccc2c1. The third kappa shape index (κ3) is 3.22. The number of H-pyrrole nitrogens is 1. The van der Waals surface area contributed by atoms with Crippen LogP contribution < -0.4 is 10.3 Å². The zero-order valence-electron chi connectivity index (χ0n) is 11.7. The van der Waals surface area contributed by atoms with Gasteiger partial charge in [-0.2, -0.15) is 0 Å². The van der Waals surface area contributed by atoms with Crippen molar-refractivity contribution in [1.29, 1.82) is 0 Å². The fraction of sp³-hybridized carbons (Fsp3) is 0. The van der Waals surface area contributed by atoms with Crippen molar-refractivity contribution < 1.29 is 17.6 Å². The van der Waals surface area contributed by atoms with Gasteiger partial charge in [0.05, 0.1) is 4.90 Å². The van der Waals surface area contributed by atoms with Gasteiger partial charge in [-0.05, 0) is 42.5 Å². The first kappa shape index (κ1) is 15.2. The number of aromatic amines is 1. The molecule has 0 fully saturated rings. The largest absolute Gasteiger partial charge is 0.361 e. The zero-order chi connectivity index (χ0) is 16.4. The number of fused-ring (bicyclic) bond motifs is 1. The normalized spacial score (nSPS) is 11.5. The van der Waals surface area contributed by atoms with Gasteiger partial charge >= 0.3 is 0 Å². The summed E-state index contributed by atoms with van der Waals surface area (Å²) < 4.78 is 37.1. The molecule has 0 bridgehead atoms. The molecule has 0 aliphatic heterocycles. The van der Waals surface area contributed by atoms with Crippen LogP contribution >= 0.6 is 0 Å². The number of hydrazine groups is 1. The molecule has 2 aromatic carbocycles. The van der Waals surface area contributed by atoms with E-state index in [1.165, 1.54) is 12.1 Å². The van der Waals surface area contributed by atoms with Gasteiger partial charge in [0.2, 0.25) is 0 Å². The molecule has 1 heterocycles. The standard InChI is InChI=1S/C15H12FN3O3S/c16-12-2-1-3-13(9-12)23(21,22)19-18-15(20)11-4-5-14-10(8-11)6-7-17-14/h1-9,17,19H,(H,18,20). The Labute approximate surface area is 131 Å². The number of nitrogens with one attached hydrogen (secondary N) is 3. The number of carbonyl (C=O) groups is 1. The minimum atomic E-state index is -4.05. The Balaban J connectivity index is 1.75. The second-order valence-corrected chi connectivity index (χ2v) is 6.48. The monoisotopic (exact) mass is 333 g/mol. The number of hydrogen-bond acceptors (Lipinski definition) is 3. The average Bonchev–Trinajstić information content (AvgIpc) is 3.00. The minimum absolute atomic E-state index is 0.279. The molecule has 3 N–H and O–H groups in total. The van der Waals surface area contributed by atoms with E-state index < -0.39 is 21.7 Å². The maximum atomic E-state index is 13.1. The summed E-state index contributed by atoms with van der Waals surface area (Å²) in [4.78, 5) is 16.7. The lowest BCUT2D eigenvalue weighted by molar-refractivity contribution is 0.0945. The molecule has 1 amide bonds. The molecule has 0 saturated carbocycles. The minimum Gasteiger partial charge on any atom is -0.361 e. The summed E-state index contributed by atoms with van der Waals surface area (Å²) in [5.74, 6) is -1.30. The molecule has 0 spiro atoms. The molecule has 118 valence electrons. The van der Waals surface area contributed by atoms with Crippen molar-refractivity contribution >= 4 is 26.8 Å². The lowest BCUT2D eigenvalue weighted by Crippen LogP contribution is -2.41. The highest BCUT2D eigenvalue weighted by molar-refractivity contribution is 7.89. The predicted molar refractivity (Wildman–Crippen MR) is 82.5 cm³/mol. The molecule has 0 aliphatic rings. The number of benzene rings is 2. The molecule has 0 saturated heterocycles. The van der Waals surface area contributed by atoms with E-state index in [2.05, 4.69) is 10.4 Å². The Morgan fingerprint density at radius 1 is 1.09 bits per heavy atom. The molecule has 3 aromatic rings. The highest BCUT2D eigenvalue weighted by atomic mass is 32.2. The molecule has 8 heteroatoms. The van der Waals surface area contributed by atoms with Gasteiger partial charge in [0.15, 0.2) is 0 Å². The summed E-state index contributed by atoms with van der Waals surface area (Å²) in [7, 11) is -4.05. The lowest BCUT2D eigenvalue weighted by atomic mass is 10.1. The molecular weight excluding hydrogens is 321 g/mol. The predicted octanol–water partition coefficient (Wildman–Crippen LogP) is 1.93. The quantitative estimate of drug-likeness (QED) is 0.637. The summed E-state index contributed by atoms with van der Waals surface area (Å²) in [6.45, 7) is 0. The van der Waals surface area contributed by atoms with Gasteiger partial charge in [-0.25, -0.2) is 12.8 Å². The summed E-state index contributed by atoms with van der Waals surface area (Å²) in [6, 6.07) is 11.2. The van der Waals surface area contributed by atoms with Gasteiger partial charge in [0, 0.05) is 22.7 Å². The summed E-state index contributed by atoms with van der Waals surface area (Å²) in [6.07, 6.45) is 1.74. The van der Waals surface area contributed by atoms with E-state index in [0.717, 1.165) is 23.0 Å². The van der Waals surface area contributed by atoms with Crippen LogP contribution in [0.2, 0.25) is 0 Å². The topological polar surface area (TPSA) is 91.1 Å². The third-order valence-corrected chi connectivity index (χ3v) is 4.47. The van der Waals surface area contributed by atoms with Crippen LogP contribution in [-0.4, -0.2) is 19.3 Å². The molecule has 3 rings (SSSR count). The summed E-state index contributed by atoms with van der Waals surface area (Å²) in [5.41, 5.74) is 3.26. The van der Waals surface area contributed by atoms with Crippen molar-refractivity contribution in [2.24, 2.45) is 0 Å². The number of halogens is 1. The number of aromatic nitrogens is 1. The van der Waals surface area contributed by atoms with Crippen molar-refractivity contribution in [3.05, 3.63) is 66.1 Å². The molecule has 0 radical (unpaired) electrons. The van der Waals surface area contributed by atoms with Crippen molar-refractivity contribution in [3.8, 4) is 0 Å². The number of amides is 1. The molecule has 23 heavy (non-hydrogen) atoms. The van der Waals surface area contributed by atoms with Gasteiger partial charge in [0.25, 0.3) is 15.9 Å². The van der Waals surface area contributed by atoms with Crippen LogP contribution in [0.15, 0.2) is 59.6 Å². The Kier molecular flexibility index (Phi) is 3.85. The van der Waals surface area contributed by atoms with Gasteiger partial charge < -0.3 is 4.98 Å². The van der Waals surface area contributed by atoms with Crippen molar-refractivity contribution in [2.45, 2.75) is 4.90 Å². The van der Waals surface area contributed by atoms with E-state index in [9.17, 15) is 17.6 Å². The van der Waals surface area contributed by atoms with Gasteiger partial charge in [0.1, 0.15) is 5.82 Å². The Morgan fingerprint density at radius 2 is 1.91 bits per heavy atom. The molecule has 0 unspecified atom stereocenters. The molecule has 6 nitrogen and oxygen atoms in total. The van der Waals surface area contributed by atoms with Crippen molar-refractivity contribution in [3.63, 3.8) is 0 Å². The van der Waals surface area contributed by atoms with Gasteiger partial charge in [-0.3, -0.25) is 10.2 Å². The fourth-order valence-corrected chi connectivity index (χ4v) is 2.94. The third-order valence-electron chi connectivity index (χ3n) is 3.22. The Morgan fingerprint density at radius 3 is 2.70 bits per heavy atom. The zero-order valence-corrected chi connectivity index (χ0v) is 12.5. The second-order valence-electron chi connectivity index (χ2n) is 4.80. The van der Waals surface area contributed by atoms with Crippen molar-refractivity contribution in [1.82, 2.24) is 15.2 Å². The van der Waals surface area contributed by atoms with E-state index in [4.69, 9.17) is 0 Å². The van der Waals surface area contributed by atoms with Gasteiger partial charge in [-0.1, -0.05) is 6.07 Å². The molecule has 0 aliphatic carbocycles. The molecule has 0 atom stereocenters. The molecule has 1 aromatic heterocycles. The van der Waals surface area contributed by atoms with Gasteiger partial charge in [-0.15, -0.1) is 4.83 Å². The van der Waals surface area contributed by atoms with Crippen molar-refractivity contribution in [2.75, 3.05) is 0 Å². The lowest BCUT2D eigenvalue weighted by Gasteiger charge is -2.08. The highest BCUT2D eigenvalue weighted by Crippen LogP contribution is 2.14. The van der Waals surface area contributed by atoms with Crippen LogP contribution in [0.4, 0.5) is 4.39 Å². The first-order valence-corrected chi connectivity index (χ1v) is 8.09. The first-order chi connectivity index (χ1) is 11.0. The maximum absolute atomic E-state index is 13.1.